The van der Waals surface area contributed by atoms with Gasteiger partial charge in [0, 0.05) is 16.6 Å². The fourth-order valence-electron chi connectivity index (χ4n) is 2.64. The molecule has 0 N–H and O–H groups in total. The van der Waals surface area contributed by atoms with Gasteiger partial charge < -0.3 is 4.90 Å². The van der Waals surface area contributed by atoms with Gasteiger partial charge >= 0.3 is 0 Å². The van der Waals surface area contributed by atoms with Crippen LogP contribution >= 0.6 is 34.3 Å². The van der Waals surface area contributed by atoms with Gasteiger partial charge in [0.2, 0.25) is 0 Å². The minimum Gasteiger partial charge on any atom is -0.330 e. The van der Waals surface area contributed by atoms with E-state index in [2.05, 4.69) is 4.98 Å². The van der Waals surface area contributed by atoms with Gasteiger partial charge in [-0.25, -0.2) is 9.37 Å². The summed E-state index contributed by atoms with van der Waals surface area (Å²) in [5.74, 6) is -0.489. The molecule has 0 radical (unpaired) electrons. The van der Waals surface area contributed by atoms with E-state index in [9.17, 15) is 9.18 Å². The number of carbonyl (C=O) groups is 1. The fraction of sp³-hybridized carbons (Fsp3) is 0.222. The summed E-state index contributed by atoms with van der Waals surface area (Å²) in [5, 5.41) is 3.16. The molecule has 128 valence electrons. The Hall–Kier alpha value is -1.76. The highest BCUT2D eigenvalue weighted by atomic mass is 35.5. The number of rotatable bonds is 5. The monoisotopic (exact) mass is 392 g/mol. The molecule has 0 atom stereocenters. The highest BCUT2D eigenvalue weighted by Gasteiger charge is 2.34. The third-order valence-corrected chi connectivity index (χ3v) is 6.47. The average molecular weight is 393 g/mol. The van der Waals surface area contributed by atoms with E-state index in [0.717, 1.165) is 22.7 Å². The summed E-state index contributed by atoms with van der Waals surface area (Å²) in [6.07, 6.45) is 3.49. The number of amides is 1. The van der Waals surface area contributed by atoms with Gasteiger partial charge in [-0.15, -0.1) is 22.7 Å². The van der Waals surface area contributed by atoms with Gasteiger partial charge in [0.25, 0.3) is 5.91 Å². The lowest BCUT2D eigenvalue weighted by atomic mass is 10.2. The van der Waals surface area contributed by atoms with Crippen molar-refractivity contribution < 1.29 is 9.18 Å². The molecule has 0 spiro atoms. The summed E-state index contributed by atoms with van der Waals surface area (Å²) in [4.78, 5) is 20.7. The molecule has 4 rings (SSSR count). The number of benzene rings is 1. The van der Waals surface area contributed by atoms with E-state index in [0.29, 0.717) is 15.5 Å². The van der Waals surface area contributed by atoms with E-state index in [1.165, 1.54) is 17.4 Å². The van der Waals surface area contributed by atoms with Crippen LogP contribution in [0.4, 0.5) is 4.39 Å². The molecule has 1 saturated carbocycles. The molecular formula is C18H14ClFN2OS2. The zero-order chi connectivity index (χ0) is 17.4. The molecule has 25 heavy (non-hydrogen) atoms. The molecule has 1 fully saturated rings. The van der Waals surface area contributed by atoms with Crippen molar-refractivity contribution in [2.24, 2.45) is 0 Å². The van der Waals surface area contributed by atoms with Crippen LogP contribution in [0.2, 0.25) is 5.02 Å². The molecule has 1 aliphatic carbocycles. The molecule has 2 aromatic heterocycles. The second kappa shape index (κ2) is 6.86. The van der Waals surface area contributed by atoms with E-state index in [4.69, 9.17) is 11.6 Å². The van der Waals surface area contributed by atoms with Crippen molar-refractivity contribution in [3.05, 3.63) is 63.2 Å². The maximum atomic E-state index is 14.1. The zero-order valence-corrected chi connectivity index (χ0v) is 15.5. The van der Waals surface area contributed by atoms with Crippen LogP contribution in [0, 0.1) is 5.82 Å². The maximum Gasteiger partial charge on any atom is 0.266 e. The van der Waals surface area contributed by atoms with Crippen LogP contribution in [0.1, 0.15) is 28.1 Å². The molecular weight excluding hydrogens is 379 g/mol. The Morgan fingerprint density at radius 1 is 1.32 bits per heavy atom. The van der Waals surface area contributed by atoms with Crippen LogP contribution in [0.3, 0.4) is 0 Å². The molecule has 3 aromatic rings. The molecule has 1 amide bonds. The molecule has 2 heterocycles. The SMILES string of the molecule is O=C(c1cnc(-c2cccs2)s1)N(Cc1c(F)cccc1Cl)C1CC1. The van der Waals surface area contributed by atoms with E-state index in [1.54, 1.807) is 34.6 Å². The molecule has 3 nitrogen and oxygen atoms in total. The molecule has 1 aromatic carbocycles. The summed E-state index contributed by atoms with van der Waals surface area (Å²) in [6.45, 7) is 0.182. The molecule has 0 unspecified atom stereocenters. The Balaban J connectivity index is 1.60. The predicted octanol–water partition coefficient (Wildman–Crippen LogP) is 5.47. The van der Waals surface area contributed by atoms with Gasteiger partial charge in [0.05, 0.1) is 17.6 Å². The van der Waals surface area contributed by atoms with E-state index < -0.39 is 0 Å². The summed E-state index contributed by atoms with van der Waals surface area (Å²) in [6, 6.07) is 8.68. The van der Waals surface area contributed by atoms with Crippen LogP contribution in [-0.4, -0.2) is 21.8 Å². The number of aromatic nitrogens is 1. The highest BCUT2D eigenvalue weighted by molar-refractivity contribution is 7.21. The smallest absolute Gasteiger partial charge is 0.266 e. The van der Waals surface area contributed by atoms with Gasteiger partial charge in [-0.05, 0) is 36.4 Å². The summed E-state index contributed by atoms with van der Waals surface area (Å²) >= 11 is 9.10. The number of carbonyl (C=O) groups excluding carboxylic acids is 1. The van der Waals surface area contributed by atoms with Crippen LogP contribution in [0.25, 0.3) is 9.88 Å². The highest BCUT2D eigenvalue weighted by Crippen LogP contribution is 2.34. The van der Waals surface area contributed by atoms with Gasteiger partial charge in [-0.1, -0.05) is 23.7 Å². The Labute approximate surface area is 157 Å². The molecule has 0 aliphatic heterocycles. The van der Waals surface area contributed by atoms with Gasteiger partial charge in [0.1, 0.15) is 15.7 Å². The lowest BCUT2D eigenvalue weighted by molar-refractivity contribution is 0.0733. The summed E-state index contributed by atoms with van der Waals surface area (Å²) < 4.78 is 14.1. The number of hydrogen-bond donors (Lipinski definition) is 0. The van der Waals surface area contributed by atoms with Crippen molar-refractivity contribution in [1.82, 2.24) is 9.88 Å². The zero-order valence-electron chi connectivity index (χ0n) is 13.1. The fourth-order valence-corrected chi connectivity index (χ4v) is 4.53. The van der Waals surface area contributed by atoms with Crippen molar-refractivity contribution in [3.63, 3.8) is 0 Å². The second-order valence-electron chi connectivity index (χ2n) is 5.87. The third kappa shape index (κ3) is 3.47. The summed E-state index contributed by atoms with van der Waals surface area (Å²) in [7, 11) is 0. The van der Waals surface area contributed by atoms with E-state index in [1.807, 2.05) is 17.5 Å². The Kier molecular flexibility index (Phi) is 4.58. The number of halogens is 2. The average Bonchev–Trinajstić information content (AvgIpc) is 3.10. The predicted molar refractivity (Wildman–Crippen MR) is 99.7 cm³/mol. The molecule has 1 aliphatic rings. The van der Waals surface area contributed by atoms with Crippen LogP contribution in [0.5, 0.6) is 0 Å². The first kappa shape index (κ1) is 16.7. The van der Waals surface area contributed by atoms with E-state index >= 15 is 0 Å². The lowest BCUT2D eigenvalue weighted by Crippen LogP contribution is -2.32. The minimum atomic E-state index is -0.380. The number of hydrogen-bond acceptors (Lipinski definition) is 4. The van der Waals surface area contributed by atoms with Gasteiger partial charge in [0.15, 0.2) is 0 Å². The maximum absolute atomic E-state index is 14.1. The van der Waals surface area contributed by atoms with E-state index in [-0.39, 0.29) is 24.3 Å². The van der Waals surface area contributed by atoms with Crippen molar-refractivity contribution in [1.29, 1.82) is 0 Å². The first-order valence-corrected chi connectivity index (χ1v) is 9.94. The second-order valence-corrected chi connectivity index (χ2v) is 8.26. The number of nitrogens with zero attached hydrogens (tertiary/aromatic N) is 2. The van der Waals surface area contributed by atoms with Crippen LogP contribution in [0.15, 0.2) is 41.9 Å². The molecule has 0 saturated heterocycles. The van der Waals surface area contributed by atoms with Crippen molar-refractivity contribution in [2.45, 2.75) is 25.4 Å². The largest absolute Gasteiger partial charge is 0.330 e. The Morgan fingerprint density at radius 3 is 2.84 bits per heavy atom. The van der Waals surface area contributed by atoms with Gasteiger partial charge in [-0.2, -0.15) is 0 Å². The molecule has 7 heteroatoms. The first-order valence-electron chi connectivity index (χ1n) is 7.87. The normalized spacial score (nSPS) is 13.8. The summed E-state index contributed by atoms with van der Waals surface area (Å²) in [5.41, 5.74) is 0.368. The van der Waals surface area contributed by atoms with Crippen molar-refractivity contribution in [3.8, 4) is 9.88 Å². The number of thiazole rings is 1. The number of thiophene rings is 1. The Morgan fingerprint density at radius 2 is 2.16 bits per heavy atom. The van der Waals surface area contributed by atoms with Crippen molar-refractivity contribution in [2.75, 3.05) is 0 Å². The standard InChI is InChI=1S/C18H14ClFN2OS2/c19-13-3-1-4-14(20)12(13)10-22(11-6-7-11)18(23)16-9-21-17(25-16)15-5-2-8-24-15/h1-5,8-9,11H,6-7,10H2. The van der Waals surface area contributed by atoms with Crippen LogP contribution in [-0.2, 0) is 6.54 Å². The third-order valence-electron chi connectivity index (χ3n) is 4.09. The first-order chi connectivity index (χ1) is 12.1. The topological polar surface area (TPSA) is 33.2 Å². The quantitative estimate of drug-likeness (QED) is 0.576. The molecule has 0 bridgehead atoms. The van der Waals surface area contributed by atoms with Gasteiger partial charge in [-0.3, -0.25) is 4.79 Å². The van der Waals surface area contributed by atoms with Crippen LogP contribution < -0.4 is 0 Å². The van der Waals surface area contributed by atoms with Crippen molar-refractivity contribution >= 4 is 40.2 Å². The Bertz CT molecular complexity index is 885. The lowest BCUT2D eigenvalue weighted by Gasteiger charge is -2.22. The minimum absolute atomic E-state index is 0.109.